The molecule has 0 fully saturated rings. The summed E-state index contributed by atoms with van der Waals surface area (Å²) in [4.78, 5) is 0. The lowest BCUT2D eigenvalue weighted by Crippen LogP contribution is -2.26. The van der Waals surface area contributed by atoms with Crippen molar-refractivity contribution in [3.63, 3.8) is 0 Å². The first-order valence-corrected chi connectivity index (χ1v) is 6.98. The molecule has 0 unspecified atom stereocenters. The minimum atomic E-state index is 0.0135. The van der Waals surface area contributed by atoms with Crippen molar-refractivity contribution in [3.05, 3.63) is 70.2 Å². The average Bonchev–Trinajstić information content (AvgIpc) is 2.46. The number of halogens is 1. The zero-order chi connectivity index (χ0) is 14.5. The largest absolute Gasteiger partial charge is 0.327 e. The van der Waals surface area contributed by atoms with Crippen molar-refractivity contribution in [2.45, 2.75) is 25.3 Å². The number of nitriles is 1. The molecule has 0 bridgehead atoms. The van der Waals surface area contributed by atoms with E-state index in [2.05, 4.69) is 6.07 Å². The molecule has 0 heterocycles. The van der Waals surface area contributed by atoms with Crippen LogP contribution in [0.3, 0.4) is 0 Å². The number of nitrogens with zero attached hydrogens (tertiary/aromatic N) is 1. The van der Waals surface area contributed by atoms with Crippen LogP contribution >= 0.6 is 11.6 Å². The summed E-state index contributed by atoms with van der Waals surface area (Å²) >= 11 is 5.91. The first-order valence-electron chi connectivity index (χ1n) is 6.60. The Hall–Kier alpha value is -1.82. The van der Waals surface area contributed by atoms with Crippen LogP contribution in [0.2, 0.25) is 5.02 Å². The number of rotatable bonds is 4. The molecule has 0 aliphatic heterocycles. The van der Waals surface area contributed by atoms with Gasteiger partial charge in [-0.05, 0) is 48.7 Å². The first-order chi connectivity index (χ1) is 9.60. The van der Waals surface area contributed by atoms with Crippen LogP contribution in [0, 0.1) is 11.3 Å². The maximum Gasteiger partial charge on any atom is 0.0991 e. The van der Waals surface area contributed by atoms with Crippen molar-refractivity contribution in [1.82, 2.24) is 0 Å². The van der Waals surface area contributed by atoms with Crippen molar-refractivity contribution in [3.8, 4) is 6.07 Å². The van der Waals surface area contributed by atoms with Gasteiger partial charge in [0.25, 0.3) is 0 Å². The molecule has 20 heavy (non-hydrogen) atoms. The molecule has 3 heteroatoms. The SMILES string of the molecule is C[C@@H](N)[C@H](Cc1ccc(Cl)cc1)c1cccc(C#N)c1. The lowest BCUT2D eigenvalue weighted by Gasteiger charge is -2.21. The van der Waals surface area contributed by atoms with Gasteiger partial charge in [0.15, 0.2) is 0 Å². The van der Waals surface area contributed by atoms with Gasteiger partial charge in [0.1, 0.15) is 0 Å². The minimum absolute atomic E-state index is 0.0135. The highest BCUT2D eigenvalue weighted by atomic mass is 35.5. The van der Waals surface area contributed by atoms with Gasteiger partial charge in [-0.25, -0.2) is 0 Å². The van der Waals surface area contributed by atoms with Crippen LogP contribution < -0.4 is 5.73 Å². The quantitative estimate of drug-likeness (QED) is 0.926. The van der Waals surface area contributed by atoms with Crippen LogP contribution in [-0.2, 0) is 6.42 Å². The van der Waals surface area contributed by atoms with Crippen LogP contribution in [0.1, 0.15) is 29.5 Å². The Morgan fingerprint density at radius 2 is 1.90 bits per heavy atom. The standard InChI is InChI=1S/C17H17ClN2/c1-12(20)17(10-13-5-7-16(18)8-6-13)15-4-2-3-14(9-15)11-19/h2-9,12,17H,10,20H2,1H3/t12-,17+/m1/s1. The second kappa shape index (κ2) is 6.56. The van der Waals surface area contributed by atoms with Crippen LogP contribution in [0.15, 0.2) is 48.5 Å². The molecule has 2 N–H and O–H groups in total. The molecule has 2 atom stereocenters. The molecule has 0 spiro atoms. The molecule has 0 aliphatic carbocycles. The third-order valence-corrected chi connectivity index (χ3v) is 3.70. The van der Waals surface area contributed by atoms with Gasteiger partial charge in [-0.2, -0.15) is 5.26 Å². The first kappa shape index (κ1) is 14.6. The van der Waals surface area contributed by atoms with E-state index in [1.165, 1.54) is 5.56 Å². The van der Waals surface area contributed by atoms with Crippen molar-refractivity contribution in [2.75, 3.05) is 0 Å². The summed E-state index contributed by atoms with van der Waals surface area (Å²) in [6.45, 7) is 2.00. The average molecular weight is 285 g/mol. The molecule has 0 aromatic heterocycles. The fourth-order valence-electron chi connectivity index (χ4n) is 2.32. The van der Waals surface area contributed by atoms with Gasteiger partial charge >= 0.3 is 0 Å². The number of nitrogens with two attached hydrogens (primary N) is 1. The van der Waals surface area contributed by atoms with Gasteiger partial charge in [0, 0.05) is 17.0 Å². The second-order valence-corrected chi connectivity index (χ2v) is 5.47. The van der Waals surface area contributed by atoms with E-state index in [1.54, 1.807) is 0 Å². The van der Waals surface area contributed by atoms with Gasteiger partial charge in [0.2, 0.25) is 0 Å². The van der Waals surface area contributed by atoms with Crippen molar-refractivity contribution in [2.24, 2.45) is 5.73 Å². The van der Waals surface area contributed by atoms with Gasteiger partial charge in [-0.1, -0.05) is 35.9 Å². The molecule has 2 nitrogen and oxygen atoms in total. The Labute approximate surface area is 124 Å². The van der Waals surface area contributed by atoms with Crippen molar-refractivity contribution in [1.29, 1.82) is 5.26 Å². The zero-order valence-corrected chi connectivity index (χ0v) is 12.1. The summed E-state index contributed by atoms with van der Waals surface area (Å²) < 4.78 is 0. The minimum Gasteiger partial charge on any atom is -0.327 e. The van der Waals surface area contributed by atoms with Crippen LogP contribution in [0.25, 0.3) is 0 Å². The summed E-state index contributed by atoms with van der Waals surface area (Å²) in [5.74, 6) is 0.185. The molecule has 0 saturated carbocycles. The highest BCUT2D eigenvalue weighted by molar-refractivity contribution is 6.30. The number of benzene rings is 2. The molecule has 0 radical (unpaired) electrons. The van der Waals surface area contributed by atoms with Gasteiger partial charge < -0.3 is 5.73 Å². The van der Waals surface area contributed by atoms with E-state index in [1.807, 2.05) is 55.5 Å². The Balaban J connectivity index is 2.27. The van der Waals surface area contributed by atoms with Crippen LogP contribution in [0.4, 0.5) is 0 Å². The van der Waals surface area contributed by atoms with Gasteiger partial charge in [-0.15, -0.1) is 0 Å². The summed E-state index contributed by atoms with van der Waals surface area (Å²) in [5, 5.41) is 9.74. The van der Waals surface area contributed by atoms with E-state index in [0.717, 1.165) is 17.0 Å². The fourth-order valence-corrected chi connectivity index (χ4v) is 2.45. The van der Waals surface area contributed by atoms with Crippen LogP contribution in [-0.4, -0.2) is 6.04 Å². The van der Waals surface area contributed by atoms with E-state index in [4.69, 9.17) is 22.6 Å². The number of hydrogen-bond acceptors (Lipinski definition) is 2. The lowest BCUT2D eigenvalue weighted by molar-refractivity contribution is 0.565. The monoisotopic (exact) mass is 284 g/mol. The smallest absolute Gasteiger partial charge is 0.0991 e. The highest BCUT2D eigenvalue weighted by Gasteiger charge is 2.17. The molecule has 2 aromatic carbocycles. The van der Waals surface area contributed by atoms with E-state index in [-0.39, 0.29) is 12.0 Å². The summed E-state index contributed by atoms with van der Waals surface area (Å²) in [6, 6.07) is 17.7. The predicted octanol–water partition coefficient (Wildman–Crippen LogP) is 3.89. The molecule has 0 amide bonds. The number of hydrogen-bond donors (Lipinski definition) is 1. The Bertz CT molecular complexity index is 612. The molecule has 102 valence electrons. The fraction of sp³-hybridized carbons (Fsp3) is 0.235. The van der Waals surface area contributed by atoms with Gasteiger partial charge in [-0.3, -0.25) is 0 Å². The van der Waals surface area contributed by atoms with Gasteiger partial charge in [0.05, 0.1) is 11.6 Å². The van der Waals surface area contributed by atoms with Crippen molar-refractivity contribution < 1.29 is 0 Å². The Morgan fingerprint density at radius 3 is 2.50 bits per heavy atom. The van der Waals surface area contributed by atoms with E-state index >= 15 is 0 Å². The topological polar surface area (TPSA) is 49.8 Å². The maximum absolute atomic E-state index is 9.01. The maximum atomic E-state index is 9.01. The molecule has 2 rings (SSSR count). The predicted molar refractivity (Wildman–Crippen MR) is 82.7 cm³/mol. The van der Waals surface area contributed by atoms with Crippen molar-refractivity contribution >= 4 is 11.6 Å². The highest BCUT2D eigenvalue weighted by Crippen LogP contribution is 2.25. The summed E-state index contributed by atoms with van der Waals surface area (Å²) in [5.41, 5.74) is 9.10. The molecule has 0 saturated heterocycles. The third kappa shape index (κ3) is 3.60. The van der Waals surface area contributed by atoms with Crippen LogP contribution in [0.5, 0.6) is 0 Å². The molecule has 0 aliphatic rings. The Kier molecular flexibility index (Phi) is 4.79. The summed E-state index contributed by atoms with van der Waals surface area (Å²) in [6.07, 6.45) is 0.837. The van der Waals surface area contributed by atoms with E-state index in [0.29, 0.717) is 5.56 Å². The lowest BCUT2D eigenvalue weighted by atomic mass is 9.86. The van der Waals surface area contributed by atoms with E-state index in [9.17, 15) is 0 Å². The Morgan fingerprint density at radius 1 is 1.20 bits per heavy atom. The van der Waals surface area contributed by atoms with E-state index < -0.39 is 0 Å². The molecular formula is C17H17ClN2. The third-order valence-electron chi connectivity index (χ3n) is 3.45. The summed E-state index contributed by atoms with van der Waals surface area (Å²) in [7, 11) is 0. The molecular weight excluding hydrogens is 268 g/mol. The normalized spacial score (nSPS) is 13.5. The molecule has 2 aromatic rings. The zero-order valence-electron chi connectivity index (χ0n) is 11.4. The second-order valence-electron chi connectivity index (χ2n) is 5.03.